The number of rotatable bonds is 5. The fourth-order valence-corrected chi connectivity index (χ4v) is 3.75. The van der Waals surface area contributed by atoms with E-state index in [1.807, 2.05) is 20.8 Å². The van der Waals surface area contributed by atoms with E-state index in [-0.39, 0.29) is 5.78 Å². The van der Waals surface area contributed by atoms with Gasteiger partial charge in [0, 0.05) is 0 Å². The molecular formula is C19H22O4P+. The Hall–Kier alpha value is -2.19. The summed E-state index contributed by atoms with van der Waals surface area (Å²) in [5.41, 5.74) is 0.753. The summed E-state index contributed by atoms with van der Waals surface area (Å²) in [5, 5.41) is 0.120. The first kappa shape index (κ1) is 18.2. The lowest BCUT2D eigenvalue weighted by Gasteiger charge is -2.13. The standard InChI is InChI=1S/C19H22O4P/c1-19(2,3)24(21)16-12-7-6-9-13(16)18(20)17-14(22-4)10-8-11-15(17)23-5/h6-12H,1-5H3/q+1. The quantitative estimate of drug-likeness (QED) is 0.602. The third kappa shape index (κ3) is 3.49. The molecule has 0 heterocycles. The Labute approximate surface area is 143 Å². The van der Waals surface area contributed by atoms with Gasteiger partial charge in [-0.2, -0.15) is 0 Å². The summed E-state index contributed by atoms with van der Waals surface area (Å²) in [7, 11) is 1.27. The lowest BCUT2D eigenvalue weighted by Crippen LogP contribution is -2.21. The molecule has 0 amide bonds. The zero-order chi connectivity index (χ0) is 17.9. The number of ketones is 1. The first-order valence-corrected chi connectivity index (χ1v) is 8.89. The minimum Gasteiger partial charge on any atom is -0.496 e. The van der Waals surface area contributed by atoms with Gasteiger partial charge in [0.1, 0.15) is 17.1 Å². The molecule has 0 aliphatic rings. The molecule has 0 aliphatic heterocycles. The van der Waals surface area contributed by atoms with Gasteiger partial charge in [0.2, 0.25) is 11.1 Å². The van der Waals surface area contributed by atoms with Crippen molar-refractivity contribution in [1.29, 1.82) is 0 Å². The van der Waals surface area contributed by atoms with Gasteiger partial charge in [-0.15, -0.1) is 0 Å². The molecule has 0 fully saturated rings. The molecule has 0 spiro atoms. The van der Waals surface area contributed by atoms with E-state index in [0.29, 0.717) is 27.9 Å². The first-order valence-electron chi connectivity index (χ1n) is 7.63. The van der Waals surface area contributed by atoms with E-state index in [2.05, 4.69) is 0 Å². The maximum atomic E-state index is 13.2. The normalized spacial score (nSPS) is 11.8. The molecule has 0 radical (unpaired) electrons. The third-order valence-electron chi connectivity index (χ3n) is 3.63. The van der Waals surface area contributed by atoms with Gasteiger partial charge in [0.25, 0.3) is 0 Å². The summed E-state index contributed by atoms with van der Waals surface area (Å²) in [4.78, 5) is 13.2. The van der Waals surface area contributed by atoms with Crippen molar-refractivity contribution in [1.82, 2.24) is 0 Å². The number of hydrogen-bond donors (Lipinski definition) is 0. The molecular weight excluding hydrogens is 323 g/mol. The summed E-state index contributed by atoms with van der Waals surface area (Å²) in [5.74, 6) is 0.604. The predicted octanol–water partition coefficient (Wildman–Crippen LogP) is 4.19. The van der Waals surface area contributed by atoms with E-state index >= 15 is 0 Å². The van der Waals surface area contributed by atoms with Crippen LogP contribution in [0.1, 0.15) is 36.7 Å². The lowest BCUT2D eigenvalue weighted by molar-refractivity contribution is 0.103. The topological polar surface area (TPSA) is 52.6 Å². The van der Waals surface area contributed by atoms with Crippen molar-refractivity contribution in [3.63, 3.8) is 0 Å². The van der Waals surface area contributed by atoms with E-state index in [1.54, 1.807) is 42.5 Å². The van der Waals surface area contributed by atoms with Crippen LogP contribution in [0, 0.1) is 0 Å². The monoisotopic (exact) mass is 345 g/mol. The lowest BCUT2D eigenvalue weighted by atomic mass is 10.0. The van der Waals surface area contributed by atoms with Crippen LogP contribution in [0.4, 0.5) is 0 Å². The molecule has 5 heteroatoms. The molecule has 2 aromatic carbocycles. The molecule has 24 heavy (non-hydrogen) atoms. The molecule has 126 valence electrons. The van der Waals surface area contributed by atoms with E-state index in [1.165, 1.54) is 14.2 Å². The third-order valence-corrected chi connectivity index (χ3v) is 5.68. The predicted molar refractivity (Wildman–Crippen MR) is 96.4 cm³/mol. The van der Waals surface area contributed by atoms with Crippen molar-refractivity contribution in [2.75, 3.05) is 14.2 Å². The van der Waals surface area contributed by atoms with E-state index in [0.717, 1.165) is 0 Å². The molecule has 1 atom stereocenters. The second kappa shape index (κ2) is 7.14. The summed E-state index contributed by atoms with van der Waals surface area (Å²) < 4.78 is 23.5. The molecule has 0 saturated heterocycles. The molecule has 0 aromatic heterocycles. The number of carbonyl (C=O) groups is 1. The minimum absolute atomic E-state index is 0.257. The summed E-state index contributed by atoms with van der Waals surface area (Å²) >= 11 is 0. The number of carbonyl (C=O) groups excluding carboxylic acids is 1. The first-order chi connectivity index (χ1) is 11.3. The zero-order valence-corrected chi connectivity index (χ0v) is 15.5. The van der Waals surface area contributed by atoms with E-state index in [4.69, 9.17) is 9.47 Å². The molecule has 0 saturated carbocycles. The van der Waals surface area contributed by atoms with Crippen molar-refractivity contribution >= 4 is 18.9 Å². The number of hydrogen-bond acceptors (Lipinski definition) is 4. The van der Waals surface area contributed by atoms with Gasteiger partial charge in [0.05, 0.1) is 19.8 Å². The Morgan fingerprint density at radius 3 is 1.96 bits per heavy atom. The van der Waals surface area contributed by atoms with Gasteiger partial charge in [0.15, 0.2) is 5.16 Å². The molecule has 4 nitrogen and oxygen atoms in total. The smallest absolute Gasteiger partial charge is 0.383 e. The highest BCUT2D eigenvalue weighted by atomic mass is 31.1. The van der Waals surface area contributed by atoms with Crippen LogP contribution in [0.3, 0.4) is 0 Å². The van der Waals surface area contributed by atoms with Gasteiger partial charge in [-0.25, -0.2) is 0 Å². The van der Waals surface area contributed by atoms with Gasteiger partial charge in [-0.05, 0) is 45.0 Å². The van der Waals surface area contributed by atoms with Crippen LogP contribution in [0.2, 0.25) is 0 Å². The Kier molecular flexibility index (Phi) is 5.40. The summed E-state index contributed by atoms with van der Waals surface area (Å²) in [6.07, 6.45) is 0. The average Bonchev–Trinajstić information content (AvgIpc) is 2.58. The van der Waals surface area contributed by atoms with Crippen molar-refractivity contribution in [3.05, 3.63) is 53.6 Å². The second-order valence-electron chi connectivity index (χ2n) is 6.35. The van der Waals surface area contributed by atoms with Crippen molar-refractivity contribution < 1.29 is 18.8 Å². The molecule has 2 aromatic rings. The molecule has 0 bridgehead atoms. The number of ether oxygens (including phenoxy) is 2. The number of benzene rings is 2. The molecule has 1 unspecified atom stereocenters. The van der Waals surface area contributed by atoms with Crippen molar-refractivity contribution in [2.45, 2.75) is 25.9 Å². The fraction of sp³-hybridized carbons (Fsp3) is 0.316. The Morgan fingerprint density at radius 2 is 1.46 bits per heavy atom. The van der Waals surface area contributed by atoms with E-state index < -0.39 is 13.0 Å². The molecule has 0 aliphatic carbocycles. The van der Waals surface area contributed by atoms with Crippen LogP contribution >= 0.6 is 7.80 Å². The summed E-state index contributed by atoms with van der Waals surface area (Å²) in [6.45, 7) is 5.70. The molecule has 0 N–H and O–H groups in total. The SMILES string of the molecule is COc1cccc(OC)c1C(=O)c1ccccc1[P+](=O)C(C)(C)C. The highest BCUT2D eigenvalue weighted by molar-refractivity contribution is 7.55. The van der Waals surface area contributed by atoms with Crippen LogP contribution in [0.15, 0.2) is 42.5 Å². The second-order valence-corrected chi connectivity index (χ2v) is 8.76. The van der Waals surface area contributed by atoms with Gasteiger partial charge >= 0.3 is 7.80 Å². The fourth-order valence-electron chi connectivity index (χ4n) is 2.41. The Bertz CT molecular complexity index is 753. The van der Waals surface area contributed by atoms with Crippen molar-refractivity contribution in [3.8, 4) is 11.5 Å². The molecule has 2 rings (SSSR count). The minimum atomic E-state index is -1.74. The Morgan fingerprint density at radius 1 is 0.917 bits per heavy atom. The van der Waals surface area contributed by atoms with Crippen LogP contribution < -0.4 is 14.8 Å². The number of methoxy groups -OCH3 is 2. The van der Waals surface area contributed by atoms with Gasteiger partial charge < -0.3 is 9.47 Å². The van der Waals surface area contributed by atoms with Crippen LogP contribution in [-0.2, 0) is 4.57 Å². The van der Waals surface area contributed by atoms with Gasteiger partial charge in [-0.1, -0.05) is 22.8 Å². The maximum Gasteiger partial charge on any atom is 0.383 e. The maximum absolute atomic E-state index is 13.2. The highest BCUT2D eigenvalue weighted by Gasteiger charge is 2.40. The van der Waals surface area contributed by atoms with Crippen molar-refractivity contribution in [2.24, 2.45) is 0 Å². The van der Waals surface area contributed by atoms with Gasteiger partial charge in [-0.3, -0.25) is 4.79 Å². The van der Waals surface area contributed by atoms with Crippen LogP contribution in [0.5, 0.6) is 11.5 Å². The Balaban J connectivity index is 2.63. The van der Waals surface area contributed by atoms with E-state index in [9.17, 15) is 9.36 Å². The highest BCUT2D eigenvalue weighted by Crippen LogP contribution is 2.39. The summed E-state index contributed by atoms with van der Waals surface area (Å²) in [6, 6.07) is 12.2. The average molecular weight is 345 g/mol. The van der Waals surface area contributed by atoms with Crippen LogP contribution in [0.25, 0.3) is 0 Å². The zero-order valence-electron chi connectivity index (χ0n) is 14.6. The largest absolute Gasteiger partial charge is 0.496 e. The van der Waals surface area contributed by atoms with Crippen LogP contribution in [-0.4, -0.2) is 25.2 Å².